The lowest BCUT2D eigenvalue weighted by atomic mass is 10.2. The van der Waals surface area contributed by atoms with Crippen LogP contribution in [0.2, 0.25) is 0 Å². The molecule has 11 heteroatoms. The fraction of sp³-hybridized carbons (Fsp3) is 0.263. The molecular formula is C19H19F3N2O4S2. The van der Waals surface area contributed by atoms with Crippen molar-refractivity contribution in [1.29, 1.82) is 0 Å². The summed E-state index contributed by atoms with van der Waals surface area (Å²) in [7, 11) is -3.42. The van der Waals surface area contributed by atoms with E-state index in [2.05, 4.69) is 4.99 Å². The molecule has 2 N–H and O–H groups in total. The van der Waals surface area contributed by atoms with Crippen LogP contribution in [0.25, 0.3) is 10.4 Å². The third-order valence-corrected chi connectivity index (χ3v) is 5.98. The molecule has 0 fully saturated rings. The first-order valence-electron chi connectivity index (χ1n) is 8.57. The van der Waals surface area contributed by atoms with E-state index in [1.165, 1.54) is 18.2 Å². The average molecular weight is 460 g/mol. The van der Waals surface area contributed by atoms with E-state index in [0.717, 1.165) is 17.6 Å². The van der Waals surface area contributed by atoms with Gasteiger partial charge in [-0.3, -0.25) is 9.79 Å². The number of halogens is 3. The molecule has 6 nitrogen and oxygen atoms in total. The summed E-state index contributed by atoms with van der Waals surface area (Å²) in [6, 6.07) is 9.32. The number of carbonyl (C=O) groups excluding carboxylic acids is 1. The summed E-state index contributed by atoms with van der Waals surface area (Å²) in [5.74, 6) is -0.688. The number of hydrogen-bond acceptors (Lipinski definition) is 7. The van der Waals surface area contributed by atoms with E-state index >= 15 is 0 Å². The van der Waals surface area contributed by atoms with Gasteiger partial charge in [0.05, 0.1) is 22.1 Å². The van der Waals surface area contributed by atoms with E-state index in [9.17, 15) is 26.4 Å². The molecule has 0 radical (unpaired) electrons. The average Bonchev–Trinajstić information content (AvgIpc) is 3.14. The number of carbonyl (C=O) groups is 1. The van der Waals surface area contributed by atoms with Gasteiger partial charge in [-0.25, -0.2) is 8.42 Å². The molecule has 0 saturated heterocycles. The van der Waals surface area contributed by atoms with Gasteiger partial charge in [0, 0.05) is 11.1 Å². The summed E-state index contributed by atoms with van der Waals surface area (Å²) in [5, 5.41) is 0. The molecule has 1 heterocycles. The molecule has 0 aliphatic rings. The molecule has 0 atom stereocenters. The Hall–Kier alpha value is -2.66. The number of hydrogen-bond donors (Lipinski definition) is 1. The van der Waals surface area contributed by atoms with Gasteiger partial charge in [0.15, 0.2) is 9.84 Å². The Balaban J connectivity index is 2.45. The number of rotatable bonds is 7. The first-order chi connectivity index (χ1) is 13.9. The standard InChI is InChI=1S/C19H19F3N2O4S2/c1-3-28-18(25)11-24-14(10-17(23)19(20,21)22)16-8-7-15(29-16)12-5-4-6-13(9-12)30(2,26)27/h4-10H,3,11,23H2,1-2H3. The van der Waals surface area contributed by atoms with Gasteiger partial charge in [-0.15, -0.1) is 11.3 Å². The van der Waals surface area contributed by atoms with Gasteiger partial charge < -0.3 is 10.5 Å². The monoisotopic (exact) mass is 460 g/mol. The summed E-state index contributed by atoms with van der Waals surface area (Å²) in [4.78, 5) is 16.5. The second kappa shape index (κ2) is 9.43. The van der Waals surface area contributed by atoms with Gasteiger partial charge in [-0.1, -0.05) is 12.1 Å². The number of sulfone groups is 1. The molecule has 1 aromatic carbocycles. The van der Waals surface area contributed by atoms with Gasteiger partial charge in [-0.05, 0) is 42.8 Å². The van der Waals surface area contributed by atoms with Crippen LogP contribution >= 0.6 is 11.3 Å². The van der Waals surface area contributed by atoms with Crippen LogP contribution in [0.4, 0.5) is 13.2 Å². The van der Waals surface area contributed by atoms with Crippen LogP contribution in [0.15, 0.2) is 58.1 Å². The van der Waals surface area contributed by atoms with Gasteiger partial charge in [-0.2, -0.15) is 13.2 Å². The number of allylic oxidation sites excluding steroid dienone is 2. The lowest BCUT2D eigenvalue weighted by Gasteiger charge is -2.07. The minimum Gasteiger partial charge on any atom is -0.465 e. The number of nitrogens with two attached hydrogens (primary N) is 1. The largest absolute Gasteiger partial charge is 0.465 e. The zero-order valence-electron chi connectivity index (χ0n) is 16.1. The Morgan fingerprint density at radius 3 is 2.57 bits per heavy atom. The highest BCUT2D eigenvalue weighted by Gasteiger charge is 2.32. The Bertz CT molecular complexity index is 1090. The fourth-order valence-corrected chi connectivity index (χ4v) is 3.94. The number of esters is 1. The molecule has 0 aliphatic heterocycles. The Morgan fingerprint density at radius 1 is 1.27 bits per heavy atom. The molecule has 2 rings (SSSR count). The maximum atomic E-state index is 12.9. The molecule has 162 valence electrons. The molecule has 0 spiro atoms. The van der Waals surface area contributed by atoms with Crippen LogP contribution < -0.4 is 5.73 Å². The van der Waals surface area contributed by atoms with Gasteiger partial charge in [0.2, 0.25) is 0 Å². The van der Waals surface area contributed by atoms with E-state index in [1.54, 1.807) is 25.1 Å². The molecule has 0 bridgehead atoms. The molecule has 0 amide bonds. The highest BCUT2D eigenvalue weighted by Crippen LogP contribution is 2.31. The summed E-state index contributed by atoms with van der Waals surface area (Å²) in [5.41, 5.74) is 4.20. The maximum absolute atomic E-state index is 12.9. The second-order valence-electron chi connectivity index (χ2n) is 6.07. The van der Waals surface area contributed by atoms with E-state index in [1.807, 2.05) is 0 Å². The van der Waals surface area contributed by atoms with Crippen molar-refractivity contribution >= 4 is 32.9 Å². The molecule has 1 aromatic heterocycles. The molecular weight excluding hydrogens is 441 g/mol. The zero-order chi connectivity index (χ0) is 22.5. The van der Waals surface area contributed by atoms with Crippen molar-refractivity contribution in [3.8, 4) is 10.4 Å². The number of aliphatic imine (C=N–C) groups is 1. The first-order valence-corrected chi connectivity index (χ1v) is 11.3. The lowest BCUT2D eigenvalue weighted by Crippen LogP contribution is -2.21. The van der Waals surface area contributed by atoms with E-state index in [-0.39, 0.29) is 17.2 Å². The second-order valence-corrected chi connectivity index (χ2v) is 9.17. The maximum Gasteiger partial charge on any atom is 0.430 e. The number of thiophene rings is 1. The van der Waals surface area contributed by atoms with Crippen LogP contribution in [-0.2, 0) is 19.4 Å². The minimum atomic E-state index is -4.76. The van der Waals surface area contributed by atoms with Crippen molar-refractivity contribution in [2.45, 2.75) is 18.0 Å². The molecule has 0 saturated carbocycles. The van der Waals surface area contributed by atoms with Gasteiger partial charge in [0.25, 0.3) is 0 Å². The molecule has 0 unspecified atom stereocenters. The third kappa shape index (κ3) is 6.42. The van der Waals surface area contributed by atoms with Gasteiger partial charge in [0.1, 0.15) is 12.2 Å². The minimum absolute atomic E-state index is 0.115. The topological polar surface area (TPSA) is 98.8 Å². The molecule has 30 heavy (non-hydrogen) atoms. The molecule has 2 aromatic rings. The predicted molar refractivity (Wildman–Crippen MR) is 109 cm³/mol. The van der Waals surface area contributed by atoms with Crippen LogP contribution in [0.1, 0.15) is 11.8 Å². The van der Waals surface area contributed by atoms with Crippen molar-refractivity contribution in [2.75, 3.05) is 19.4 Å². The summed E-state index contributed by atoms with van der Waals surface area (Å²) < 4.78 is 66.9. The summed E-state index contributed by atoms with van der Waals surface area (Å²) >= 11 is 1.09. The normalized spacial score (nSPS) is 13.4. The van der Waals surface area contributed by atoms with Crippen LogP contribution in [0, 0.1) is 0 Å². The van der Waals surface area contributed by atoms with Crippen molar-refractivity contribution in [1.82, 2.24) is 0 Å². The number of ether oxygens (including phenoxy) is 1. The van der Waals surface area contributed by atoms with E-state index in [4.69, 9.17) is 10.5 Å². The number of benzene rings is 1. The molecule has 0 aliphatic carbocycles. The van der Waals surface area contributed by atoms with Crippen molar-refractivity contribution in [2.24, 2.45) is 10.7 Å². The van der Waals surface area contributed by atoms with Crippen molar-refractivity contribution in [3.05, 3.63) is 53.0 Å². The van der Waals surface area contributed by atoms with Crippen molar-refractivity contribution in [3.63, 3.8) is 0 Å². The van der Waals surface area contributed by atoms with Crippen LogP contribution in [0.3, 0.4) is 0 Å². The Morgan fingerprint density at radius 2 is 1.97 bits per heavy atom. The van der Waals surface area contributed by atoms with E-state index in [0.29, 0.717) is 21.4 Å². The zero-order valence-corrected chi connectivity index (χ0v) is 17.7. The van der Waals surface area contributed by atoms with Crippen LogP contribution in [-0.4, -0.2) is 45.7 Å². The Labute approximate surface area is 175 Å². The highest BCUT2D eigenvalue weighted by atomic mass is 32.2. The number of alkyl halides is 3. The fourth-order valence-electron chi connectivity index (χ4n) is 2.29. The quantitative estimate of drug-likeness (QED) is 0.503. The highest BCUT2D eigenvalue weighted by molar-refractivity contribution is 7.90. The van der Waals surface area contributed by atoms with Crippen molar-refractivity contribution < 1.29 is 31.1 Å². The van der Waals surface area contributed by atoms with E-state index < -0.39 is 34.2 Å². The lowest BCUT2D eigenvalue weighted by molar-refractivity contribution is -0.141. The smallest absolute Gasteiger partial charge is 0.430 e. The predicted octanol–water partition coefficient (Wildman–Crippen LogP) is 3.58. The number of nitrogens with zero attached hydrogens (tertiary/aromatic N) is 1. The van der Waals surface area contributed by atoms with Gasteiger partial charge >= 0.3 is 12.1 Å². The summed E-state index contributed by atoms with van der Waals surface area (Å²) in [6.07, 6.45) is -3.02. The summed E-state index contributed by atoms with van der Waals surface area (Å²) in [6.45, 7) is 1.24. The Kier molecular flexibility index (Phi) is 7.43. The third-order valence-electron chi connectivity index (χ3n) is 3.71. The first kappa shape index (κ1) is 23.6. The SMILES string of the molecule is CCOC(=O)CN=C(C=C(N)C(F)(F)F)c1ccc(-c2cccc(S(C)(=O)=O)c2)s1. The van der Waals surface area contributed by atoms with Crippen LogP contribution in [0.5, 0.6) is 0 Å².